The average Bonchev–Trinajstić information content (AvgIpc) is 2.80. The molecule has 1 aromatic heterocycles. The van der Waals surface area contributed by atoms with Gasteiger partial charge in [-0.3, -0.25) is 4.79 Å². The molecule has 0 spiro atoms. The Balaban J connectivity index is 2.30. The molecule has 4 nitrogen and oxygen atoms in total. The van der Waals surface area contributed by atoms with E-state index in [0.29, 0.717) is 18.1 Å². The predicted molar refractivity (Wildman–Crippen MR) is 68.2 cm³/mol. The molecule has 0 saturated heterocycles. The van der Waals surface area contributed by atoms with Crippen molar-refractivity contribution in [3.05, 3.63) is 35.7 Å². The third-order valence-electron chi connectivity index (χ3n) is 2.95. The molecule has 0 N–H and O–H groups in total. The zero-order valence-electron chi connectivity index (χ0n) is 10.8. The SMILES string of the molecule is CCC(C(C)=O)c1nc(-c2ccc(C)cc2)no1. The summed E-state index contributed by atoms with van der Waals surface area (Å²) in [4.78, 5) is 15.7. The summed E-state index contributed by atoms with van der Waals surface area (Å²) in [6, 6.07) is 7.87. The fourth-order valence-electron chi connectivity index (χ4n) is 1.83. The van der Waals surface area contributed by atoms with Crippen molar-refractivity contribution in [3.63, 3.8) is 0 Å². The number of carbonyl (C=O) groups is 1. The highest BCUT2D eigenvalue weighted by atomic mass is 16.5. The Labute approximate surface area is 106 Å². The lowest BCUT2D eigenvalue weighted by molar-refractivity contribution is -0.119. The first kappa shape index (κ1) is 12.5. The fraction of sp³-hybridized carbons (Fsp3) is 0.357. The lowest BCUT2D eigenvalue weighted by atomic mass is 10.0. The molecule has 1 aromatic carbocycles. The molecule has 0 amide bonds. The number of Topliss-reactive ketones (excluding diaryl/α,β-unsaturated/α-hetero) is 1. The van der Waals surface area contributed by atoms with Crippen molar-refractivity contribution in [2.75, 3.05) is 0 Å². The number of carbonyl (C=O) groups excluding carboxylic acids is 1. The second-order valence-electron chi connectivity index (χ2n) is 4.39. The van der Waals surface area contributed by atoms with Gasteiger partial charge in [0.25, 0.3) is 0 Å². The van der Waals surface area contributed by atoms with Gasteiger partial charge in [0.1, 0.15) is 5.78 Å². The smallest absolute Gasteiger partial charge is 0.237 e. The molecule has 1 heterocycles. The third kappa shape index (κ3) is 2.47. The van der Waals surface area contributed by atoms with Gasteiger partial charge in [0.15, 0.2) is 0 Å². The van der Waals surface area contributed by atoms with E-state index in [9.17, 15) is 4.79 Å². The number of rotatable bonds is 4. The standard InChI is InChI=1S/C14H16N2O2/c1-4-12(10(3)17)14-15-13(16-18-14)11-7-5-9(2)6-8-11/h5-8,12H,4H2,1-3H3. The summed E-state index contributed by atoms with van der Waals surface area (Å²) in [5.41, 5.74) is 2.08. The molecule has 4 heteroatoms. The summed E-state index contributed by atoms with van der Waals surface area (Å²) in [5.74, 6) is 0.693. The Kier molecular flexibility index (Phi) is 3.55. The summed E-state index contributed by atoms with van der Waals surface area (Å²) in [6.07, 6.45) is 0.671. The van der Waals surface area contributed by atoms with E-state index in [0.717, 1.165) is 5.56 Å². The molecule has 0 aliphatic rings. The van der Waals surface area contributed by atoms with E-state index >= 15 is 0 Å². The Bertz CT molecular complexity index is 543. The van der Waals surface area contributed by atoms with E-state index in [4.69, 9.17) is 4.52 Å². The highest BCUT2D eigenvalue weighted by molar-refractivity contribution is 5.82. The van der Waals surface area contributed by atoms with Crippen molar-refractivity contribution in [2.45, 2.75) is 33.1 Å². The second kappa shape index (κ2) is 5.12. The van der Waals surface area contributed by atoms with Crippen molar-refractivity contribution in [2.24, 2.45) is 0 Å². The highest BCUT2D eigenvalue weighted by Gasteiger charge is 2.21. The van der Waals surface area contributed by atoms with Gasteiger partial charge in [-0.25, -0.2) is 0 Å². The molecular weight excluding hydrogens is 228 g/mol. The number of benzene rings is 1. The molecule has 1 atom stereocenters. The first-order chi connectivity index (χ1) is 8.61. The first-order valence-electron chi connectivity index (χ1n) is 6.03. The zero-order valence-corrected chi connectivity index (χ0v) is 10.8. The molecule has 0 saturated carbocycles. The number of aromatic nitrogens is 2. The van der Waals surface area contributed by atoms with Gasteiger partial charge in [-0.1, -0.05) is 41.9 Å². The number of aryl methyl sites for hydroxylation is 1. The van der Waals surface area contributed by atoms with Gasteiger partial charge in [0.05, 0.1) is 5.92 Å². The molecule has 1 unspecified atom stereocenters. The largest absolute Gasteiger partial charge is 0.338 e. The predicted octanol–water partition coefficient (Wildman–Crippen LogP) is 3.13. The van der Waals surface area contributed by atoms with E-state index in [2.05, 4.69) is 10.1 Å². The number of hydrogen-bond donors (Lipinski definition) is 0. The molecule has 0 bridgehead atoms. The summed E-state index contributed by atoms with van der Waals surface area (Å²) < 4.78 is 5.18. The van der Waals surface area contributed by atoms with Crippen LogP contribution in [0.4, 0.5) is 0 Å². The van der Waals surface area contributed by atoms with Crippen LogP contribution in [0.5, 0.6) is 0 Å². The molecule has 94 valence electrons. The van der Waals surface area contributed by atoms with E-state index < -0.39 is 0 Å². The normalized spacial score (nSPS) is 12.4. The van der Waals surface area contributed by atoms with E-state index in [-0.39, 0.29) is 11.7 Å². The Morgan fingerprint density at radius 1 is 1.33 bits per heavy atom. The van der Waals surface area contributed by atoms with Crippen LogP contribution in [0.1, 0.15) is 37.6 Å². The van der Waals surface area contributed by atoms with Gasteiger partial charge in [-0.05, 0) is 20.3 Å². The minimum absolute atomic E-state index is 0.0524. The number of ketones is 1. The van der Waals surface area contributed by atoms with Crippen LogP contribution in [-0.2, 0) is 4.79 Å². The van der Waals surface area contributed by atoms with Crippen LogP contribution in [0.2, 0.25) is 0 Å². The van der Waals surface area contributed by atoms with Crippen LogP contribution >= 0.6 is 0 Å². The molecule has 0 radical (unpaired) electrons. The maximum atomic E-state index is 11.4. The van der Waals surface area contributed by atoms with Crippen LogP contribution in [-0.4, -0.2) is 15.9 Å². The Morgan fingerprint density at radius 3 is 2.56 bits per heavy atom. The van der Waals surface area contributed by atoms with Crippen molar-refractivity contribution in [3.8, 4) is 11.4 Å². The van der Waals surface area contributed by atoms with Gasteiger partial charge >= 0.3 is 0 Å². The third-order valence-corrected chi connectivity index (χ3v) is 2.95. The van der Waals surface area contributed by atoms with E-state index in [1.807, 2.05) is 38.1 Å². The van der Waals surface area contributed by atoms with Gasteiger partial charge in [0, 0.05) is 5.56 Å². The summed E-state index contributed by atoms with van der Waals surface area (Å²) in [7, 11) is 0. The molecular formula is C14H16N2O2. The summed E-state index contributed by atoms with van der Waals surface area (Å²) >= 11 is 0. The van der Waals surface area contributed by atoms with Gasteiger partial charge in [0.2, 0.25) is 11.7 Å². The second-order valence-corrected chi connectivity index (χ2v) is 4.39. The molecule has 0 aliphatic heterocycles. The lowest BCUT2D eigenvalue weighted by Crippen LogP contribution is -2.07. The van der Waals surface area contributed by atoms with Crippen LogP contribution in [0.3, 0.4) is 0 Å². The minimum atomic E-state index is -0.295. The number of nitrogens with zero attached hydrogens (tertiary/aromatic N) is 2. The van der Waals surface area contributed by atoms with Crippen LogP contribution in [0.25, 0.3) is 11.4 Å². The van der Waals surface area contributed by atoms with E-state index in [1.165, 1.54) is 5.56 Å². The fourth-order valence-corrected chi connectivity index (χ4v) is 1.83. The van der Waals surface area contributed by atoms with Crippen molar-refractivity contribution >= 4 is 5.78 Å². The molecule has 2 aromatic rings. The highest BCUT2D eigenvalue weighted by Crippen LogP contribution is 2.22. The monoisotopic (exact) mass is 244 g/mol. The van der Waals surface area contributed by atoms with Crippen LogP contribution in [0.15, 0.2) is 28.8 Å². The molecule has 0 fully saturated rings. The maximum absolute atomic E-state index is 11.4. The van der Waals surface area contributed by atoms with Crippen LogP contribution < -0.4 is 0 Å². The first-order valence-corrected chi connectivity index (χ1v) is 6.03. The molecule has 18 heavy (non-hydrogen) atoms. The van der Waals surface area contributed by atoms with Gasteiger partial charge < -0.3 is 4.52 Å². The van der Waals surface area contributed by atoms with Crippen molar-refractivity contribution in [1.82, 2.24) is 10.1 Å². The minimum Gasteiger partial charge on any atom is -0.338 e. The van der Waals surface area contributed by atoms with E-state index in [1.54, 1.807) is 6.92 Å². The maximum Gasteiger partial charge on any atom is 0.237 e. The van der Waals surface area contributed by atoms with Crippen molar-refractivity contribution < 1.29 is 9.32 Å². The quantitative estimate of drug-likeness (QED) is 0.829. The van der Waals surface area contributed by atoms with Gasteiger partial charge in [-0.2, -0.15) is 4.98 Å². The summed E-state index contributed by atoms with van der Waals surface area (Å²) in [5, 5.41) is 3.93. The topological polar surface area (TPSA) is 56.0 Å². The number of hydrogen-bond acceptors (Lipinski definition) is 4. The summed E-state index contributed by atoms with van der Waals surface area (Å²) in [6.45, 7) is 5.50. The Morgan fingerprint density at radius 2 is 2.00 bits per heavy atom. The zero-order chi connectivity index (χ0) is 13.1. The average molecular weight is 244 g/mol. The molecule has 0 aliphatic carbocycles. The van der Waals surface area contributed by atoms with Crippen LogP contribution in [0, 0.1) is 6.92 Å². The van der Waals surface area contributed by atoms with Crippen molar-refractivity contribution in [1.29, 1.82) is 0 Å². The van der Waals surface area contributed by atoms with Gasteiger partial charge in [-0.15, -0.1) is 0 Å². The lowest BCUT2D eigenvalue weighted by Gasteiger charge is -2.03. The Hall–Kier alpha value is -1.97. The molecule has 2 rings (SSSR count).